The van der Waals surface area contributed by atoms with Crippen molar-refractivity contribution >= 4 is 34.1 Å². The Balaban J connectivity index is 1.11. The predicted octanol–water partition coefficient (Wildman–Crippen LogP) is 18.6. The molecule has 0 bridgehead atoms. The Hall–Kier alpha value is -8.40. The number of ether oxygens (including phenoxy) is 1. The molecule has 0 radical (unpaired) electrons. The Morgan fingerprint density at radius 3 is 1.23 bits per heavy atom. The number of hydrogen-bond donors (Lipinski definition) is 0. The zero-order valence-corrected chi connectivity index (χ0v) is 41.2. The fraction of sp³-hybridized carbons (Fsp3) is 0.118. The topological polar surface area (TPSA) is 15.7 Å². The maximum Gasteiger partial charge on any atom is 0.119 e. The van der Waals surface area contributed by atoms with Gasteiger partial charge in [-0.3, -0.25) is 0 Å². The Morgan fingerprint density at radius 2 is 0.761 bits per heavy atom. The van der Waals surface area contributed by atoms with Gasteiger partial charge in [-0.1, -0.05) is 196 Å². The van der Waals surface area contributed by atoms with Gasteiger partial charge in [0.1, 0.15) is 5.75 Å². The van der Waals surface area contributed by atoms with Gasteiger partial charge in [-0.15, -0.1) is 0 Å². The molecular formula is C68H58N2O. The molecule has 0 fully saturated rings. The van der Waals surface area contributed by atoms with Crippen molar-refractivity contribution in [3.8, 4) is 50.3 Å². The van der Waals surface area contributed by atoms with E-state index in [9.17, 15) is 0 Å². The highest BCUT2D eigenvalue weighted by molar-refractivity contribution is 5.92. The molecule has 1 atom stereocenters. The number of rotatable bonds is 12. The Kier molecular flexibility index (Phi) is 12.0. The van der Waals surface area contributed by atoms with Crippen LogP contribution in [0.25, 0.3) is 44.5 Å². The smallest absolute Gasteiger partial charge is 0.119 e. The van der Waals surface area contributed by atoms with E-state index < -0.39 is 0 Å². The van der Waals surface area contributed by atoms with Gasteiger partial charge in [0.2, 0.25) is 0 Å². The first-order valence-corrected chi connectivity index (χ1v) is 24.7. The van der Waals surface area contributed by atoms with Crippen LogP contribution in [0.5, 0.6) is 5.75 Å². The molecule has 0 amide bonds. The van der Waals surface area contributed by atoms with E-state index in [1.54, 1.807) is 7.11 Å². The Morgan fingerprint density at radius 1 is 0.366 bits per heavy atom. The lowest BCUT2D eigenvalue weighted by Gasteiger charge is -2.33. The van der Waals surface area contributed by atoms with Crippen molar-refractivity contribution in [2.45, 2.75) is 44.9 Å². The summed E-state index contributed by atoms with van der Waals surface area (Å²) in [5.74, 6) is 0.821. The van der Waals surface area contributed by atoms with E-state index in [2.05, 4.69) is 286 Å². The summed E-state index contributed by atoms with van der Waals surface area (Å²) in [6, 6.07) is 90.8. The number of fused-ring (bicyclic) bond motifs is 1. The van der Waals surface area contributed by atoms with Crippen LogP contribution >= 0.6 is 0 Å². The van der Waals surface area contributed by atoms with E-state index in [1.165, 1.54) is 55.6 Å². The summed E-state index contributed by atoms with van der Waals surface area (Å²) in [6.07, 6.45) is 0.932. The second kappa shape index (κ2) is 18.8. The van der Waals surface area contributed by atoms with Gasteiger partial charge in [0.05, 0.1) is 18.5 Å². The molecule has 10 aromatic carbocycles. The Labute approximate surface area is 419 Å². The first kappa shape index (κ1) is 45.1. The van der Waals surface area contributed by atoms with E-state index >= 15 is 0 Å². The molecule has 0 aliphatic heterocycles. The van der Waals surface area contributed by atoms with Crippen molar-refractivity contribution in [1.82, 2.24) is 0 Å². The zero-order valence-electron chi connectivity index (χ0n) is 41.2. The lowest BCUT2D eigenvalue weighted by atomic mass is 9.74. The predicted molar refractivity (Wildman–Crippen MR) is 299 cm³/mol. The van der Waals surface area contributed by atoms with Crippen LogP contribution in [0, 0.1) is 6.92 Å². The fourth-order valence-electron chi connectivity index (χ4n) is 11.0. The van der Waals surface area contributed by atoms with Gasteiger partial charge in [0.15, 0.2) is 0 Å². The number of methoxy groups -OCH3 is 1. The monoisotopic (exact) mass is 918 g/mol. The first-order chi connectivity index (χ1) is 34.7. The van der Waals surface area contributed by atoms with Crippen molar-refractivity contribution in [3.63, 3.8) is 0 Å². The van der Waals surface area contributed by atoms with Gasteiger partial charge in [-0.25, -0.2) is 0 Å². The van der Waals surface area contributed by atoms with Crippen molar-refractivity contribution in [2.24, 2.45) is 0 Å². The van der Waals surface area contributed by atoms with Crippen molar-refractivity contribution < 1.29 is 4.74 Å². The van der Waals surface area contributed by atoms with Crippen molar-refractivity contribution in [1.29, 1.82) is 0 Å². The lowest BCUT2D eigenvalue weighted by Crippen LogP contribution is -2.24. The SMILES string of the molecule is COc1ccc(N(c2ccc(-c3ccccc3)cc2)c2cc(C3(C)CC(C)(C)c4cc(N(c5ccc(C)cc5)c5ccc(-c6ccccc6)cc5)c(-c5ccccc5)cc43)ccc2-c2ccccc2)cc1. The molecule has 0 N–H and O–H groups in total. The summed E-state index contributed by atoms with van der Waals surface area (Å²) < 4.78 is 5.69. The molecule has 1 aliphatic carbocycles. The maximum atomic E-state index is 5.69. The summed E-state index contributed by atoms with van der Waals surface area (Å²) in [7, 11) is 1.73. The van der Waals surface area contributed by atoms with Gasteiger partial charge in [0, 0.05) is 39.3 Å². The summed E-state index contributed by atoms with van der Waals surface area (Å²) in [6.45, 7) is 9.51. The third-order valence-electron chi connectivity index (χ3n) is 14.6. The summed E-state index contributed by atoms with van der Waals surface area (Å²) in [5, 5.41) is 0. The fourth-order valence-corrected chi connectivity index (χ4v) is 11.0. The Bertz CT molecular complexity index is 3420. The van der Waals surface area contributed by atoms with Crippen LogP contribution in [0.15, 0.2) is 249 Å². The van der Waals surface area contributed by atoms with Crippen molar-refractivity contribution in [3.05, 3.63) is 271 Å². The normalized spacial score (nSPS) is 14.7. The lowest BCUT2D eigenvalue weighted by molar-refractivity contribution is 0.415. The van der Waals surface area contributed by atoms with Crippen LogP contribution in [0.2, 0.25) is 0 Å². The quantitative estimate of drug-likeness (QED) is 0.121. The summed E-state index contributed by atoms with van der Waals surface area (Å²) in [5.41, 5.74) is 20.8. The highest BCUT2D eigenvalue weighted by Crippen LogP contribution is 2.57. The molecular weight excluding hydrogens is 861 g/mol. The highest BCUT2D eigenvalue weighted by atomic mass is 16.5. The van der Waals surface area contributed by atoms with E-state index in [0.29, 0.717) is 0 Å². The van der Waals surface area contributed by atoms with Crippen molar-refractivity contribution in [2.75, 3.05) is 16.9 Å². The molecule has 71 heavy (non-hydrogen) atoms. The molecule has 11 rings (SSSR count). The van der Waals surface area contributed by atoms with Gasteiger partial charge in [-0.05, 0) is 148 Å². The molecule has 1 aliphatic rings. The first-order valence-electron chi connectivity index (χ1n) is 24.7. The molecule has 346 valence electrons. The number of nitrogens with zero attached hydrogens (tertiary/aromatic N) is 2. The molecule has 1 unspecified atom stereocenters. The largest absolute Gasteiger partial charge is 0.497 e. The van der Waals surface area contributed by atoms with Crippen LogP contribution in [0.1, 0.15) is 49.4 Å². The van der Waals surface area contributed by atoms with Crippen LogP contribution < -0.4 is 14.5 Å². The minimum Gasteiger partial charge on any atom is -0.497 e. The van der Waals surface area contributed by atoms with Crippen LogP contribution in [0.3, 0.4) is 0 Å². The van der Waals surface area contributed by atoms with Gasteiger partial charge >= 0.3 is 0 Å². The van der Waals surface area contributed by atoms with E-state index in [0.717, 1.165) is 57.4 Å². The standard InChI is InChI=1S/C68H58N2O/c1-48-26-33-56(34-27-48)70(58-37-30-52(31-38-58)50-20-12-7-13-21-50)66-46-63-64(45-62(66)54-24-16-9-17-25-54)68(4,47-67(63,2)3)55-32-43-61(53-22-14-8-15-23-53)65(44-55)69(59-39-41-60(71-5)42-40-59)57-35-28-51(29-36-57)49-18-10-6-11-19-49/h6-46H,47H2,1-5H3. The number of anilines is 6. The van der Waals surface area contributed by atoms with Gasteiger partial charge < -0.3 is 14.5 Å². The average molecular weight is 919 g/mol. The highest BCUT2D eigenvalue weighted by Gasteiger charge is 2.47. The minimum atomic E-state index is -0.348. The average Bonchev–Trinajstić information content (AvgIpc) is 3.64. The molecule has 0 aromatic heterocycles. The minimum absolute atomic E-state index is 0.161. The zero-order chi connectivity index (χ0) is 48.5. The molecule has 0 spiro atoms. The second-order valence-electron chi connectivity index (χ2n) is 19.8. The van der Waals surface area contributed by atoms with Gasteiger partial charge in [-0.2, -0.15) is 0 Å². The van der Waals surface area contributed by atoms with Gasteiger partial charge in [0.25, 0.3) is 0 Å². The molecule has 0 heterocycles. The number of hydrogen-bond acceptors (Lipinski definition) is 3. The molecule has 10 aromatic rings. The van der Waals surface area contributed by atoms with Crippen LogP contribution in [-0.4, -0.2) is 7.11 Å². The van der Waals surface area contributed by atoms with E-state index in [-0.39, 0.29) is 10.8 Å². The molecule has 0 saturated heterocycles. The van der Waals surface area contributed by atoms with Crippen LogP contribution in [-0.2, 0) is 10.8 Å². The van der Waals surface area contributed by atoms with Crippen LogP contribution in [0.4, 0.5) is 34.1 Å². The third-order valence-corrected chi connectivity index (χ3v) is 14.6. The second-order valence-corrected chi connectivity index (χ2v) is 19.8. The summed E-state index contributed by atoms with van der Waals surface area (Å²) >= 11 is 0. The molecule has 3 heteroatoms. The molecule has 3 nitrogen and oxygen atoms in total. The number of benzene rings is 10. The summed E-state index contributed by atoms with van der Waals surface area (Å²) in [4.78, 5) is 4.89. The maximum absolute atomic E-state index is 5.69. The van der Waals surface area contributed by atoms with E-state index in [4.69, 9.17) is 4.74 Å². The van der Waals surface area contributed by atoms with E-state index in [1.807, 2.05) is 0 Å². The number of aryl methyl sites for hydroxylation is 1. The third kappa shape index (κ3) is 8.70. The molecule has 0 saturated carbocycles.